The molecule has 4 aliphatic rings. The predicted octanol–water partition coefficient (Wildman–Crippen LogP) is 1.99. The number of benzene rings is 1. The number of para-hydroxylation sites is 1. The summed E-state index contributed by atoms with van der Waals surface area (Å²) in [4.78, 5) is 56.1. The molecule has 0 radical (unpaired) electrons. The summed E-state index contributed by atoms with van der Waals surface area (Å²) in [5, 5.41) is 14.2. The van der Waals surface area contributed by atoms with Gasteiger partial charge in [-0.25, -0.2) is 14.3 Å². The average molecular weight is 639 g/mol. The van der Waals surface area contributed by atoms with Crippen LogP contribution >= 0.6 is 7.82 Å². The first-order valence-electron chi connectivity index (χ1n) is 14.6. The van der Waals surface area contributed by atoms with Crippen LogP contribution in [0.5, 0.6) is 0 Å². The van der Waals surface area contributed by atoms with E-state index in [1.54, 1.807) is 35.6 Å². The van der Waals surface area contributed by atoms with E-state index in [1.807, 2.05) is 30.3 Å². The van der Waals surface area contributed by atoms with Crippen LogP contribution in [0.3, 0.4) is 0 Å². The largest absolute Gasteiger partial charge is 0.473 e. The van der Waals surface area contributed by atoms with Gasteiger partial charge in [-0.05, 0) is 31.5 Å². The fraction of sp³-hybridized carbons (Fsp3) is 0.400. The third-order valence-corrected chi connectivity index (χ3v) is 9.79. The second kappa shape index (κ2) is 10.9. The van der Waals surface area contributed by atoms with Gasteiger partial charge in [0.05, 0.1) is 48.4 Å². The zero-order valence-corrected chi connectivity index (χ0v) is 25.4. The molecule has 6 heterocycles. The SMILES string of the molecule is CC[C@@]1(OP(=O)(O)OC[C@H]2O[C@@H](N3C=C(C)C(=O)NC3)C[C@@H]2O)C(=O)OCc2c1cc1n(c2=O)Cc2cc3ccccc3nc2-1. The van der Waals surface area contributed by atoms with Crippen molar-refractivity contribution in [3.05, 3.63) is 75.2 Å². The van der Waals surface area contributed by atoms with Crippen molar-refractivity contribution < 1.29 is 42.7 Å². The van der Waals surface area contributed by atoms with Gasteiger partial charge < -0.3 is 34.3 Å². The van der Waals surface area contributed by atoms with Gasteiger partial charge in [0.15, 0.2) is 0 Å². The van der Waals surface area contributed by atoms with Gasteiger partial charge in [0, 0.05) is 34.7 Å². The Kier molecular flexibility index (Phi) is 7.19. The van der Waals surface area contributed by atoms with Gasteiger partial charge in [-0.3, -0.25) is 18.6 Å². The Bertz CT molecular complexity index is 1890. The van der Waals surface area contributed by atoms with E-state index in [2.05, 4.69) is 5.32 Å². The molecule has 7 rings (SSSR count). The summed E-state index contributed by atoms with van der Waals surface area (Å²) in [6.45, 7) is 2.80. The van der Waals surface area contributed by atoms with Gasteiger partial charge in [-0.1, -0.05) is 25.1 Å². The smallest absolute Gasteiger partial charge is 0.458 e. The molecule has 0 aliphatic carbocycles. The Morgan fingerprint density at radius 3 is 2.80 bits per heavy atom. The number of ether oxygens (including phenoxy) is 2. The number of aliphatic hydroxyl groups is 1. The molecule has 3 aromatic rings. The molecule has 0 saturated carbocycles. The Morgan fingerprint density at radius 1 is 1.22 bits per heavy atom. The molecule has 1 saturated heterocycles. The molecule has 3 N–H and O–H groups in total. The van der Waals surface area contributed by atoms with Crippen LogP contribution in [0.15, 0.2) is 53.0 Å². The van der Waals surface area contributed by atoms with Crippen LogP contribution in [-0.2, 0) is 51.4 Å². The number of fused-ring (bicyclic) bond motifs is 5. The van der Waals surface area contributed by atoms with E-state index in [0.29, 0.717) is 17.0 Å². The minimum atomic E-state index is -5.02. The number of amides is 1. The van der Waals surface area contributed by atoms with Gasteiger partial charge in [-0.15, -0.1) is 0 Å². The van der Waals surface area contributed by atoms with Crippen molar-refractivity contribution in [3.63, 3.8) is 0 Å². The monoisotopic (exact) mass is 638 g/mol. The zero-order valence-electron chi connectivity index (χ0n) is 24.5. The van der Waals surface area contributed by atoms with Crippen LogP contribution < -0.4 is 10.9 Å². The highest BCUT2D eigenvalue weighted by atomic mass is 31.2. The van der Waals surface area contributed by atoms with Gasteiger partial charge in [0.1, 0.15) is 18.9 Å². The lowest BCUT2D eigenvalue weighted by molar-refractivity contribution is -0.171. The second-order valence-electron chi connectivity index (χ2n) is 11.5. The van der Waals surface area contributed by atoms with Crippen molar-refractivity contribution in [3.8, 4) is 11.4 Å². The third-order valence-electron chi connectivity index (χ3n) is 8.77. The first-order chi connectivity index (χ1) is 21.5. The summed E-state index contributed by atoms with van der Waals surface area (Å²) in [7, 11) is -5.02. The molecule has 45 heavy (non-hydrogen) atoms. The first kappa shape index (κ1) is 29.8. The highest BCUT2D eigenvalue weighted by molar-refractivity contribution is 7.47. The molecule has 14 nitrogen and oxygen atoms in total. The Balaban J connectivity index is 1.16. The van der Waals surface area contributed by atoms with Crippen LogP contribution in [0.2, 0.25) is 0 Å². The topological polar surface area (TPSA) is 179 Å². The van der Waals surface area contributed by atoms with E-state index >= 15 is 0 Å². The van der Waals surface area contributed by atoms with Crippen LogP contribution in [-0.4, -0.2) is 68.0 Å². The number of cyclic esters (lactones) is 1. The number of phosphoric ester groups is 1. The summed E-state index contributed by atoms with van der Waals surface area (Å²) in [6.07, 6.45) is -1.04. The number of esters is 1. The number of nitrogens with zero attached hydrogens (tertiary/aromatic N) is 3. The van der Waals surface area contributed by atoms with Crippen molar-refractivity contribution >= 4 is 30.6 Å². The zero-order chi connectivity index (χ0) is 31.7. The summed E-state index contributed by atoms with van der Waals surface area (Å²) < 4.78 is 37.1. The molecule has 15 heteroatoms. The number of hydrogen-bond acceptors (Lipinski definition) is 11. The fourth-order valence-electron chi connectivity index (χ4n) is 6.37. The van der Waals surface area contributed by atoms with Crippen molar-refractivity contribution in [2.45, 2.75) is 63.9 Å². The van der Waals surface area contributed by atoms with Gasteiger partial charge >= 0.3 is 13.8 Å². The number of nitrogens with one attached hydrogen (secondary N) is 1. The molecule has 4 aliphatic heterocycles. The average Bonchev–Trinajstić information content (AvgIpc) is 3.57. The van der Waals surface area contributed by atoms with E-state index in [1.165, 1.54) is 0 Å². The van der Waals surface area contributed by atoms with Gasteiger partial charge in [0.25, 0.3) is 5.56 Å². The molecule has 1 aromatic carbocycles. The van der Waals surface area contributed by atoms with E-state index < -0.39 is 50.0 Å². The van der Waals surface area contributed by atoms with Crippen molar-refractivity contribution in [1.82, 2.24) is 19.8 Å². The number of aromatic nitrogens is 2. The van der Waals surface area contributed by atoms with Crippen molar-refractivity contribution in [2.24, 2.45) is 0 Å². The Morgan fingerprint density at radius 2 is 2.02 bits per heavy atom. The van der Waals surface area contributed by atoms with E-state index in [-0.39, 0.29) is 49.7 Å². The lowest BCUT2D eigenvalue weighted by Crippen LogP contribution is -2.46. The minimum absolute atomic E-state index is 0.115. The Hall–Kier alpha value is -3.91. The molecule has 5 atom stereocenters. The van der Waals surface area contributed by atoms with Gasteiger partial charge in [-0.2, -0.15) is 0 Å². The summed E-state index contributed by atoms with van der Waals surface area (Å²) in [5.41, 5.74) is 0.751. The fourth-order valence-corrected chi connectivity index (χ4v) is 7.45. The van der Waals surface area contributed by atoms with Crippen LogP contribution in [0.4, 0.5) is 0 Å². The molecule has 236 valence electrons. The number of carbonyl (C=O) groups is 2. The maximum Gasteiger partial charge on any atom is 0.473 e. The van der Waals surface area contributed by atoms with E-state index in [9.17, 15) is 28.9 Å². The highest BCUT2D eigenvalue weighted by Crippen LogP contribution is 2.54. The van der Waals surface area contributed by atoms with Crippen molar-refractivity contribution in [2.75, 3.05) is 13.3 Å². The lowest BCUT2D eigenvalue weighted by Gasteiger charge is -2.36. The van der Waals surface area contributed by atoms with Crippen LogP contribution in [0.1, 0.15) is 43.4 Å². The summed E-state index contributed by atoms with van der Waals surface area (Å²) in [6, 6.07) is 11.1. The number of phosphoric acid groups is 1. The normalized spacial score (nSPS) is 26.9. The third kappa shape index (κ3) is 4.98. The standard InChI is InChI=1S/C30H31N4O10P/c1-3-30(44-45(39,40)42-14-24-23(35)10-25(43-24)33-11-16(2)27(36)31-15-33)20-9-22-26-18(8-17-6-4-5-7-21(17)32-26)12-34(22)28(37)19(20)13-41-29(30)38/h4-9,11,23-25,35H,3,10,12-15H2,1-2H3,(H,31,36)(H,39,40)/t23-,24+,25+,30-/m0/s1. The van der Waals surface area contributed by atoms with Crippen molar-refractivity contribution in [1.29, 1.82) is 0 Å². The molecular formula is C30H31N4O10P. The number of rotatable bonds is 7. The number of pyridine rings is 2. The number of aliphatic hydroxyl groups excluding tert-OH is 1. The molecule has 1 fully saturated rings. The lowest BCUT2D eigenvalue weighted by atomic mass is 9.86. The molecular weight excluding hydrogens is 607 g/mol. The van der Waals surface area contributed by atoms with Gasteiger partial charge in [0.2, 0.25) is 11.5 Å². The van der Waals surface area contributed by atoms with E-state index in [0.717, 1.165) is 16.5 Å². The molecule has 1 amide bonds. The number of carbonyl (C=O) groups excluding carboxylic acids is 2. The molecule has 0 spiro atoms. The quantitative estimate of drug-likeness (QED) is 0.198. The first-order valence-corrected chi connectivity index (χ1v) is 16.1. The second-order valence-corrected chi connectivity index (χ2v) is 12.9. The molecule has 0 bridgehead atoms. The van der Waals surface area contributed by atoms with Crippen LogP contribution in [0.25, 0.3) is 22.3 Å². The number of hydrogen-bond donors (Lipinski definition) is 3. The van der Waals surface area contributed by atoms with Crippen LogP contribution in [0, 0.1) is 0 Å². The molecule has 2 aromatic heterocycles. The summed E-state index contributed by atoms with van der Waals surface area (Å²) in [5.74, 6) is -1.15. The van der Waals surface area contributed by atoms with E-state index in [4.69, 9.17) is 23.5 Å². The molecule has 1 unspecified atom stereocenters. The minimum Gasteiger partial charge on any atom is -0.458 e. The maximum atomic E-state index is 13.7. The highest BCUT2D eigenvalue weighted by Gasteiger charge is 2.53. The Labute approximate surface area is 256 Å². The predicted molar refractivity (Wildman–Crippen MR) is 157 cm³/mol. The summed E-state index contributed by atoms with van der Waals surface area (Å²) >= 11 is 0. The maximum absolute atomic E-state index is 13.7.